The highest BCUT2D eigenvalue weighted by atomic mass is 15.2. The molecule has 4 aromatic carbocycles. The van der Waals surface area contributed by atoms with Gasteiger partial charge in [0.2, 0.25) is 0 Å². The topological polar surface area (TPSA) is 19.4 Å². The maximum atomic E-state index is 4.91. The van der Waals surface area contributed by atoms with E-state index in [0.29, 0.717) is 0 Å². The number of anilines is 5. The van der Waals surface area contributed by atoms with Gasteiger partial charge in [0.25, 0.3) is 6.71 Å². The lowest BCUT2D eigenvalue weighted by Crippen LogP contribution is -2.55. The number of pyridine rings is 1. The third kappa shape index (κ3) is 3.72. The summed E-state index contributed by atoms with van der Waals surface area (Å²) in [6.07, 6.45) is 7.92. The van der Waals surface area contributed by atoms with E-state index >= 15 is 0 Å². The van der Waals surface area contributed by atoms with Gasteiger partial charge >= 0.3 is 0 Å². The Morgan fingerprint density at radius 3 is 1.92 bits per heavy atom. The standard InChI is InChI=1S/C35H26BN3/c1-2-3-21-31-34(29-20-12-13-25-37-29)36-28-19-10-11-22-30(28)38(26-15-6-4-7-16-26)32-23-14-24-33(35(32)36)39(31)27-17-8-5-9-18-27/h2-25H,1H2/b21-3-. The molecule has 0 atom stereocenters. The van der Waals surface area contributed by atoms with Crippen LogP contribution in [0.5, 0.6) is 0 Å². The molecule has 0 saturated carbocycles. The van der Waals surface area contributed by atoms with Crippen LogP contribution >= 0.6 is 0 Å². The van der Waals surface area contributed by atoms with E-state index in [0.717, 1.165) is 22.8 Å². The van der Waals surface area contributed by atoms with Crippen molar-refractivity contribution in [3.63, 3.8) is 0 Å². The van der Waals surface area contributed by atoms with Crippen molar-refractivity contribution in [1.82, 2.24) is 4.98 Å². The van der Waals surface area contributed by atoms with E-state index in [9.17, 15) is 0 Å². The molecule has 4 heteroatoms. The van der Waals surface area contributed by atoms with Crippen LogP contribution in [0.1, 0.15) is 5.69 Å². The van der Waals surface area contributed by atoms with Crippen LogP contribution < -0.4 is 20.7 Å². The van der Waals surface area contributed by atoms with E-state index in [1.165, 1.54) is 33.5 Å². The van der Waals surface area contributed by atoms with Gasteiger partial charge in [-0.2, -0.15) is 0 Å². The second-order valence-corrected chi connectivity index (χ2v) is 9.65. The highest BCUT2D eigenvalue weighted by Crippen LogP contribution is 2.45. The quantitative estimate of drug-likeness (QED) is 0.187. The van der Waals surface area contributed by atoms with Crippen LogP contribution in [0.4, 0.5) is 28.4 Å². The molecule has 0 unspecified atom stereocenters. The number of benzene rings is 4. The van der Waals surface area contributed by atoms with Crippen LogP contribution in [0.15, 0.2) is 158 Å². The third-order valence-electron chi connectivity index (χ3n) is 7.48. The second-order valence-electron chi connectivity index (χ2n) is 9.65. The molecule has 0 saturated heterocycles. The lowest BCUT2D eigenvalue weighted by molar-refractivity contribution is 1.19. The summed E-state index contributed by atoms with van der Waals surface area (Å²) in [5.74, 6) is 0. The number of nitrogens with zero attached hydrogens (tertiary/aromatic N) is 3. The Morgan fingerprint density at radius 1 is 0.615 bits per heavy atom. The Kier molecular flexibility index (Phi) is 5.71. The molecule has 184 valence electrons. The van der Waals surface area contributed by atoms with Gasteiger partial charge in [0.1, 0.15) is 0 Å². The average molecular weight is 499 g/mol. The first kappa shape index (κ1) is 23.1. The van der Waals surface area contributed by atoms with Gasteiger partial charge in [-0.3, -0.25) is 4.98 Å². The Balaban J connectivity index is 1.62. The third-order valence-corrected chi connectivity index (χ3v) is 7.48. The zero-order valence-corrected chi connectivity index (χ0v) is 21.5. The molecule has 0 spiro atoms. The molecule has 5 aromatic rings. The Hall–Kier alpha value is -5.09. The van der Waals surface area contributed by atoms with E-state index in [1.54, 1.807) is 0 Å². The molecule has 0 amide bonds. The minimum absolute atomic E-state index is 0.00619. The van der Waals surface area contributed by atoms with Crippen molar-refractivity contribution in [2.24, 2.45) is 0 Å². The van der Waals surface area contributed by atoms with Crippen molar-refractivity contribution in [3.8, 4) is 0 Å². The highest BCUT2D eigenvalue weighted by Gasteiger charge is 2.44. The number of hydrogen-bond acceptors (Lipinski definition) is 3. The molecule has 3 heterocycles. The van der Waals surface area contributed by atoms with Gasteiger partial charge in [-0.25, -0.2) is 0 Å². The molecule has 1 aromatic heterocycles. The molecule has 0 fully saturated rings. The molecule has 7 rings (SSSR count). The summed E-state index contributed by atoms with van der Waals surface area (Å²) < 4.78 is 0. The largest absolute Gasteiger partial charge is 0.311 e. The maximum absolute atomic E-state index is 4.91. The van der Waals surface area contributed by atoms with Crippen LogP contribution in [0.3, 0.4) is 0 Å². The van der Waals surface area contributed by atoms with E-state index < -0.39 is 0 Å². The first-order chi connectivity index (χ1) is 19.4. The molecule has 0 N–H and O–H groups in total. The minimum Gasteiger partial charge on any atom is -0.311 e. The fraction of sp³-hybridized carbons (Fsp3) is 0. The van der Waals surface area contributed by atoms with Gasteiger partial charge in [0.15, 0.2) is 0 Å². The summed E-state index contributed by atoms with van der Waals surface area (Å²) >= 11 is 0. The smallest absolute Gasteiger partial charge is 0.254 e. The molecule has 2 aliphatic rings. The summed E-state index contributed by atoms with van der Waals surface area (Å²) in [5, 5.41) is 0. The predicted molar refractivity (Wildman–Crippen MR) is 165 cm³/mol. The normalized spacial score (nSPS) is 13.9. The first-order valence-electron chi connectivity index (χ1n) is 13.2. The van der Waals surface area contributed by atoms with E-state index in [-0.39, 0.29) is 6.71 Å². The molecule has 39 heavy (non-hydrogen) atoms. The maximum Gasteiger partial charge on any atom is 0.254 e. The molecule has 0 aliphatic carbocycles. The fourth-order valence-electron chi connectivity index (χ4n) is 5.98. The highest BCUT2D eigenvalue weighted by molar-refractivity contribution is 7.03. The summed E-state index contributed by atoms with van der Waals surface area (Å²) in [6.45, 7) is 3.98. The fourth-order valence-corrected chi connectivity index (χ4v) is 5.98. The Labute approximate surface area is 229 Å². The summed E-state index contributed by atoms with van der Waals surface area (Å²) in [4.78, 5) is 9.67. The van der Waals surface area contributed by atoms with Crippen molar-refractivity contribution in [2.45, 2.75) is 0 Å². The number of allylic oxidation sites excluding steroid dienone is 3. The molecular formula is C35H26BN3. The Morgan fingerprint density at radius 2 is 1.23 bits per heavy atom. The van der Waals surface area contributed by atoms with Crippen LogP contribution in [-0.2, 0) is 0 Å². The van der Waals surface area contributed by atoms with Crippen molar-refractivity contribution in [3.05, 3.63) is 164 Å². The van der Waals surface area contributed by atoms with Gasteiger partial charge < -0.3 is 9.80 Å². The number of aromatic nitrogens is 1. The molecule has 3 nitrogen and oxygen atoms in total. The number of fused-ring (bicyclic) bond motifs is 2. The van der Waals surface area contributed by atoms with Gasteiger partial charge in [0.05, 0.1) is 5.69 Å². The van der Waals surface area contributed by atoms with Crippen molar-refractivity contribution in [1.29, 1.82) is 0 Å². The van der Waals surface area contributed by atoms with E-state index in [4.69, 9.17) is 4.98 Å². The minimum atomic E-state index is 0.00619. The molecular weight excluding hydrogens is 473 g/mol. The van der Waals surface area contributed by atoms with Gasteiger partial charge in [-0.05, 0) is 77.1 Å². The second kappa shape index (κ2) is 9.66. The van der Waals surface area contributed by atoms with Crippen molar-refractivity contribution >= 4 is 51.5 Å². The monoisotopic (exact) mass is 499 g/mol. The van der Waals surface area contributed by atoms with Crippen molar-refractivity contribution in [2.75, 3.05) is 9.80 Å². The summed E-state index contributed by atoms with van der Waals surface area (Å²) in [5.41, 5.74) is 11.6. The SMILES string of the molecule is C=C/C=C\C1=C(c2ccccn2)B2c3ccccc3N(c3ccccc3)c3cccc(c32)N1c1ccccc1. The number of para-hydroxylation sites is 3. The zero-order chi connectivity index (χ0) is 26.2. The van der Waals surface area contributed by atoms with Crippen LogP contribution in [0.2, 0.25) is 0 Å². The zero-order valence-electron chi connectivity index (χ0n) is 21.5. The van der Waals surface area contributed by atoms with Crippen molar-refractivity contribution < 1.29 is 0 Å². The molecule has 0 radical (unpaired) electrons. The number of hydrogen-bond donors (Lipinski definition) is 0. The van der Waals surface area contributed by atoms with Crippen LogP contribution in [0, 0.1) is 0 Å². The number of rotatable bonds is 5. The van der Waals surface area contributed by atoms with E-state index in [2.05, 4.69) is 138 Å². The lowest BCUT2D eigenvalue weighted by Gasteiger charge is -2.44. The van der Waals surface area contributed by atoms with E-state index in [1.807, 2.05) is 24.4 Å². The van der Waals surface area contributed by atoms with Gasteiger partial charge in [-0.15, -0.1) is 0 Å². The predicted octanol–water partition coefficient (Wildman–Crippen LogP) is 7.32. The summed E-state index contributed by atoms with van der Waals surface area (Å²) in [6, 6.07) is 42.9. The van der Waals surface area contributed by atoms with Gasteiger partial charge in [0, 0.05) is 40.3 Å². The molecule has 2 aliphatic heterocycles. The first-order valence-corrected chi connectivity index (χ1v) is 13.2. The van der Waals surface area contributed by atoms with Crippen LogP contribution in [0.25, 0.3) is 5.47 Å². The van der Waals surface area contributed by atoms with Gasteiger partial charge in [-0.1, -0.05) is 85.5 Å². The average Bonchev–Trinajstić information content (AvgIpc) is 3.01. The lowest BCUT2D eigenvalue weighted by atomic mass is 9.32. The summed E-state index contributed by atoms with van der Waals surface area (Å²) in [7, 11) is 0. The molecule has 0 bridgehead atoms. The Bertz CT molecular complexity index is 1730. The van der Waals surface area contributed by atoms with Crippen LogP contribution in [-0.4, -0.2) is 11.7 Å².